The van der Waals surface area contributed by atoms with Gasteiger partial charge in [0.15, 0.2) is 0 Å². The number of hydrogen-bond acceptors (Lipinski definition) is 6. The summed E-state index contributed by atoms with van der Waals surface area (Å²) in [5.74, 6) is 5.03. The third-order valence-corrected chi connectivity index (χ3v) is 8.93. The lowest BCUT2D eigenvalue weighted by atomic mass is 9.84. The molecule has 6 nitrogen and oxygen atoms in total. The van der Waals surface area contributed by atoms with Crippen molar-refractivity contribution in [2.24, 2.45) is 0 Å². The van der Waals surface area contributed by atoms with Gasteiger partial charge in [-0.05, 0) is 71.3 Å². The summed E-state index contributed by atoms with van der Waals surface area (Å²) in [4.78, 5) is 0. The monoisotopic (exact) mass is 719 g/mol. The Morgan fingerprint density at radius 2 is 0.654 bits per heavy atom. The maximum Gasteiger partial charge on any atom is 0.122 e. The Kier molecular flexibility index (Phi) is 20.1. The number of rotatable bonds is 16. The van der Waals surface area contributed by atoms with Crippen molar-refractivity contribution in [3.63, 3.8) is 0 Å². The first-order valence-electron chi connectivity index (χ1n) is 18.6. The van der Waals surface area contributed by atoms with Gasteiger partial charge in [-0.15, -0.1) is 0 Å². The lowest BCUT2D eigenvalue weighted by molar-refractivity contribution is 0.391. The van der Waals surface area contributed by atoms with E-state index in [-0.39, 0.29) is 16.2 Å². The topological polar surface area (TPSA) is 55.4 Å². The molecule has 0 spiro atoms. The maximum absolute atomic E-state index is 5.33. The van der Waals surface area contributed by atoms with Crippen molar-refractivity contribution >= 4 is 0 Å². The van der Waals surface area contributed by atoms with E-state index in [2.05, 4.69) is 111 Å². The second-order valence-electron chi connectivity index (χ2n) is 15.1. The van der Waals surface area contributed by atoms with Crippen molar-refractivity contribution in [2.75, 3.05) is 42.7 Å². The minimum absolute atomic E-state index is 0.0183. The van der Waals surface area contributed by atoms with Gasteiger partial charge in [0, 0.05) is 29.0 Å². The first-order chi connectivity index (χ1) is 24.5. The molecule has 52 heavy (non-hydrogen) atoms. The molecule has 0 radical (unpaired) electrons. The molecule has 0 saturated carbocycles. The standard InChI is InChI=1S/2C17H26O2.C12H18O2/c2*1-6-7-8-9-10-17(2,3)14-11-15(18-4)13-16(12-14)19-5;1-12(2,3)9-6-10(13-4)8-11(7-9)14-5/h2*9-13H,6-8H2,1-5H3;6-8H,1-5H3/b10-9+;10-9-;. The summed E-state index contributed by atoms with van der Waals surface area (Å²) in [5, 5.41) is 0. The van der Waals surface area contributed by atoms with E-state index in [1.807, 2.05) is 30.3 Å². The first kappa shape index (κ1) is 46.0. The second-order valence-corrected chi connectivity index (χ2v) is 15.1. The van der Waals surface area contributed by atoms with Gasteiger partial charge in [-0.3, -0.25) is 0 Å². The number of hydrogen-bond donors (Lipinski definition) is 0. The zero-order valence-corrected chi connectivity index (χ0v) is 35.2. The Balaban J connectivity index is 0.000000395. The van der Waals surface area contributed by atoms with Crippen LogP contribution >= 0.6 is 0 Å². The molecule has 0 amide bonds. The first-order valence-corrected chi connectivity index (χ1v) is 18.6. The fraction of sp³-hybridized carbons (Fsp3) is 0.522. The van der Waals surface area contributed by atoms with E-state index >= 15 is 0 Å². The molecule has 0 aliphatic carbocycles. The average molecular weight is 719 g/mol. The number of allylic oxidation sites excluding steroid dienone is 4. The van der Waals surface area contributed by atoms with E-state index in [4.69, 9.17) is 28.4 Å². The van der Waals surface area contributed by atoms with Crippen LogP contribution in [0.3, 0.4) is 0 Å². The van der Waals surface area contributed by atoms with Crippen molar-refractivity contribution in [2.45, 2.75) is 117 Å². The third-order valence-electron chi connectivity index (χ3n) is 8.93. The van der Waals surface area contributed by atoms with Crippen LogP contribution in [-0.4, -0.2) is 42.7 Å². The van der Waals surface area contributed by atoms with Gasteiger partial charge in [0.05, 0.1) is 42.7 Å². The zero-order chi connectivity index (χ0) is 39.4. The molecule has 0 aliphatic heterocycles. The van der Waals surface area contributed by atoms with Gasteiger partial charge in [-0.2, -0.15) is 0 Å². The van der Waals surface area contributed by atoms with Gasteiger partial charge in [0.1, 0.15) is 34.5 Å². The van der Waals surface area contributed by atoms with Crippen LogP contribution in [0.25, 0.3) is 0 Å². The van der Waals surface area contributed by atoms with Gasteiger partial charge in [-0.25, -0.2) is 0 Å². The molecule has 3 rings (SSSR count). The van der Waals surface area contributed by atoms with Crippen LogP contribution < -0.4 is 28.4 Å². The summed E-state index contributed by atoms with van der Waals surface area (Å²) in [7, 11) is 10.1. The summed E-state index contributed by atoms with van der Waals surface area (Å²) >= 11 is 0. The second kappa shape index (κ2) is 22.8. The van der Waals surface area contributed by atoms with E-state index in [1.165, 1.54) is 42.4 Å². The Morgan fingerprint density at radius 1 is 0.404 bits per heavy atom. The molecule has 0 saturated heterocycles. The quantitative estimate of drug-likeness (QED) is 0.109. The summed E-state index contributed by atoms with van der Waals surface area (Å²) in [5.41, 5.74) is 3.70. The predicted molar refractivity (Wildman–Crippen MR) is 221 cm³/mol. The molecule has 0 aliphatic rings. The Hall–Kier alpha value is -4.06. The minimum atomic E-state index is -0.0183. The van der Waals surface area contributed by atoms with Crippen LogP contribution in [0.4, 0.5) is 0 Å². The van der Waals surface area contributed by atoms with Gasteiger partial charge in [-0.1, -0.05) is 112 Å². The van der Waals surface area contributed by atoms with Crippen LogP contribution in [0, 0.1) is 0 Å². The van der Waals surface area contributed by atoms with Gasteiger partial charge in [0.2, 0.25) is 0 Å². The van der Waals surface area contributed by atoms with Gasteiger partial charge >= 0.3 is 0 Å². The average Bonchev–Trinajstić information content (AvgIpc) is 3.14. The summed E-state index contributed by atoms with van der Waals surface area (Å²) in [6, 6.07) is 18.1. The van der Waals surface area contributed by atoms with Crippen LogP contribution in [0.1, 0.15) is 118 Å². The largest absolute Gasteiger partial charge is 0.497 e. The highest BCUT2D eigenvalue weighted by Crippen LogP contribution is 2.34. The van der Waals surface area contributed by atoms with E-state index in [1.54, 1.807) is 42.7 Å². The van der Waals surface area contributed by atoms with E-state index in [0.717, 1.165) is 47.3 Å². The molecule has 6 heteroatoms. The van der Waals surface area contributed by atoms with Crippen LogP contribution in [0.15, 0.2) is 78.9 Å². The van der Waals surface area contributed by atoms with E-state index < -0.39 is 0 Å². The maximum atomic E-state index is 5.33. The van der Waals surface area contributed by atoms with E-state index in [9.17, 15) is 0 Å². The van der Waals surface area contributed by atoms with Gasteiger partial charge < -0.3 is 28.4 Å². The lowest BCUT2D eigenvalue weighted by Gasteiger charge is -2.22. The molecule has 3 aromatic carbocycles. The van der Waals surface area contributed by atoms with Crippen LogP contribution in [-0.2, 0) is 16.2 Å². The molecule has 0 fully saturated rings. The van der Waals surface area contributed by atoms with E-state index in [0.29, 0.717) is 0 Å². The van der Waals surface area contributed by atoms with Crippen molar-refractivity contribution in [3.05, 3.63) is 95.6 Å². The van der Waals surface area contributed by atoms with Crippen molar-refractivity contribution in [1.82, 2.24) is 0 Å². The Labute approximate surface area is 317 Å². The van der Waals surface area contributed by atoms with Crippen molar-refractivity contribution in [1.29, 1.82) is 0 Å². The summed E-state index contributed by atoms with van der Waals surface area (Å²) < 4.78 is 31.8. The Bertz CT molecular complexity index is 1360. The molecule has 0 atom stereocenters. The molecule has 0 bridgehead atoms. The smallest absolute Gasteiger partial charge is 0.122 e. The fourth-order valence-corrected chi connectivity index (χ4v) is 5.19. The highest BCUT2D eigenvalue weighted by Gasteiger charge is 2.20. The molecular weight excluding hydrogens is 649 g/mol. The highest BCUT2D eigenvalue weighted by molar-refractivity contribution is 5.44. The third kappa shape index (κ3) is 16.1. The van der Waals surface area contributed by atoms with Crippen molar-refractivity contribution < 1.29 is 28.4 Å². The normalized spacial score (nSPS) is 11.7. The molecule has 0 unspecified atom stereocenters. The molecule has 0 N–H and O–H groups in total. The molecule has 0 aromatic heterocycles. The SMILES string of the molecule is CCCC/C=C/C(C)(C)c1cc(OC)cc(OC)c1.CCCC/C=C\C(C)(C)c1cc(OC)cc(OC)c1.COc1cc(OC)cc(C(C)(C)C)c1. The van der Waals surface area contributed by atoms with Crippen molar-refractivity contribution in [3.8, 4) is 34.5 Å². The fourth-order valence-electron chi connectivity index (χ4n) is 5.19. The van der Waals surface area contributed by atoms with Gasteiger partial charge in [0.25, 0.3) is 0 Å². The number of unbranched alkanes of at least 4 members (excludes halogenated alkanes) is 4. The molecule has 3 aromatic rings. The van der Waals surface area contributed by atoms with Crippen LogP contribution in [0.2, 0.25) is 0 Å². The number of ether oxygens (including phenoxy) is 6. The highest BCUT2D eigenvalue weighted by atomic mass is 16.5. The predicted octanol–water partition coefficient (Wildman–Crippen LogP) is 12.5. The lowest BCUT2D eigenvalue weighted by Crippen LogP contribution is -2.13. The number of benzene rings is 3. The number of methoxy groups -OCH3 is 6. The molecule has 0 heterocycles. The molecular formula is C46H70O6. The zero-order valence-electron chi connectivity index (χ0n) is 35.2. The summed E-state index contributed by atoms with van der Waals surface area (Å²) in [6.07, 6.45) is 16.3. The molecule has 290 valence electrons. The summed E-state index contributed by atoms with van der Waals surface area (Å²) in [6.45, 7) is 19.8. The Morgan fingerprint density at radius 3 is 0.865 bits per heavy atom. The minimum Gasteiger partial charge on any atom is -0.497 e. The van der Waals surface area contributed by atoms with Crippen LogP contribution in [0.5, 0.6) is 34.5 Å².